The van der Waals surface area contributed by atoms with Crippen molar-refractivity contribution >= 4 is 23.2 Å². The minimum Gasteiger partial charge on any atom is -0.489 e. The lowest BCUT2D eigenvalue weighted by atomic mass is 10.1. The molecule has 6 heteroatoms. The van der Waals surface area contributed by atoms with Crippen molar-refractivity contribution in [3.63, 3.8) is 0 Å². The summed E-state index contributed by atoms with van der Waals surface area (Å²) in [6.07, 6.45) is 0. The van der Waals surface area contributed by atoms with E-state index in [0.29, 0.717) is 18.0 Å². The van der Waals surface area contributed by atoms with Gasteiger partial charge >= 0.3 is 11.8 Å². The molecule has 0 aliphatic heterocycles. The van der Waals surface area contributed by atoms with Gasteiger partial charge in [-0.1, -0.05) is 36.4 Å². The Bertz CT molecular complexity index is 1150. The number of hydrogen-bond donors (Lipinski definition) is 2. The number of carbonyl (C=O) groups excluding carboxylic acids is 2. The van der Waals surface area contributed by atoms with Crippen LogP contribution in [0.25, 0.3) is 0 Å². The van der Waals surface area contributed by atoms with Gasteiger partial charge in [0, 0.05) is 5.69 Å². The maximum Gasteiger partial charge on any atom is 0.329 e. The van der Waals surface area contributed by atoms with Gasteiger partial charge in [-0.25, -0.2) is 5.43 Å². The minimum atomic E-state index is -0.830. The molecule has 0 bridgehead atoms. The van der Waals surface area contributed by atoms with Crippen LogP contribution in [0.3, 0.4) is 0 Å². The molecule has 3 rings (SSSR count). The molecule has 3 aromatic carbocycles. The summed E-state index contributed by atoms with van der Waals surface area (Å²) in [6, 6.07) is 21.1. The van der Waals surface area contributed by atoms with Gasteiger partial charge in [-0.2, -0.15) is 5.10 Å². The van der Waals surface area contributed by atoms with Crippen LogP contribution in [0, 0.1) is 20.8 Å². The smallest absolute Gasteiger partial charge is 0.329 e. The van der Waals surface area contributed by atoms with Gasteiger partial charge < -0.3 is 10.1 Å². The van der Waals surface area contributed by atoms with Crippen LogP contribution >= 0.6 is 0 Å². The van der Waals surface area contributed by atoms with E-state index in [0.717, 1.165) is 28.0 Å². The summed E-state index contributed by atoms with van der Waals surface area (Å²) >= 11 is 0. The number of benzene rings is 3. The monoisotopic (exact) mass is 429 g/mol. The van der Waals surface area contributed by atoms with Crippen molar-refractivity contribution in [2.24, 2.45) is 5.10 Å². The first kappa shape index (κ1) is 22.7. The zero-order valence-electron chi connectivity index (χ0n) is 18.7. The first-order chi connectivity index (χ1) is 15.3. The molecule has 2 amide bonds. The molecule has 0 fully saturated rings. The van der Waals surface area contributed by atoms with Crippen molar-refractivity contribution in [2.75, 3.05) is 5.32 Å². The van der Waals surface area contributed by atoms with Crippen LogP contribution < -0.4 is 15.5 Å². The molecule has 0 saturated carbocycles. The molecule has 3 aromatic rings. The molecule has 164 valence electrons. The lowest BCUT2D eigenvalue weighted by Gasteiger charge is -2.10. The van der Waals surface area contributed by atoms with E-state index in [1.165, 1.54) is 5.56 Å². The molecule has 0 unspecified atom stereocenters. The fourth-order valence-corrected chi connectivity index (χ4v) is 3.03. The molecule has 0 saturated heterocycles. The average molecular weight is 430 g/mol. The third kappa shape index (κ3) is 6.04. The fourth-order valence-electron chi connectivity index (χ4n) is 3.03. The predicted molar refractivity (Wildman–Crippen MR) is 127 cm³/mol. The number of anilines is 1. The minimum absolute atomic E-state index is 0.491. The summed E-state index contributed by atoms with van der Waals surface area (Å²) < 4.78 is 5.85. The van der Waals surface area contributed by atoms with E-state index in [2.05, 4.69) is 28.8 Å². The summed E-state index contributed by atoms with van der Waals surface area (Å²) in [5.74, 6) is -0.861. The van der Waals surface area contributed by atoms with Crippen LogP contribution in [0.5, 0.6) is 5.75 Å². The van der Waals surface area contributed by atoms with Crippen molar-refractivity contribution in [3.8, 4) is 5.75 Å². The quantitative estimate of drug-likeness (QED) is 0.339. The number of rotatable bonds is 6. The van der Waals surface area contributed by atoms with Crippen LogP contribution in [0.4, 0.5) is 5.69 Å². The summed E-state index contributed by atoms with van der Waals surface area (Å²) in [5, 5.41) is 6.66. The Balaban J connectivity index is 1.55. The third-order valence-corrected chi connectivity index (χ3v) is 5.10. The van der Waals surface area contributed by atoms with Crippen LogP contribution in [-0.4, -0.2) is 17.5 Å². The Morgan fingerprint density at radius 1 is 0.875 bits per heavy atom. The number of ether oxygens (including phenoxy) is 1. The summed E-state index contributed by atoms with van der Waals surface area (Å²) in [6.45, 7) is 8.08. The molecule has 2 N–H and O–H groups in total. The van der Waals surface area contributed by atoms with Crippen molar-refractivity contribution in [1.82, 2.24) is 5.43 Å². The summed E-state index contributed by atoms with van der Waals surface area (Å²) in [5.41, 5.74) is 8.48. The van der Waals surface area contributed by atoms with Gasteiger partial charge in [-0.3, -0.25) is 9.59 Å². The Morgan fingerprint density at radius 2 is 1.59 bits per heavy atom. The maximum absolute atomic E-state index is 12.2. The van der Waals surface area contributed by atoms with Crippen molar-refractivity contribution in [2.45, 2.75) is 34.3 Å². The van der Waals surface area contributed by atoms with Gasteiger partial charge in [0.15, 0.2) is 0 Å². The lowest BCUT2D eigenvalue weighted by Crippen LogP contribution is -2.33. The highest BCUT2D eigenvalue weighted by atomic mass is 16.5. The second-order valence-electron chi connectivity index (χ2n) is 7.65. The first-order valence-corrected chi connectivity index (χ1v) is 10.3. The highest BCUT2D eigenvalue weighted by molar-refractivity contribution is 6.39. The Hall–Kier alpha value is -3.93. The second kappa shape index (κ2) is 10.4. The van der Waals surface area contributed by atoms with Crippen LogP contribution in [0.1, 0.15) is 34.7 Å². The van der Waals surface area contributed by atoms with Crippen molar-refractivity contribution < 1.29 is 14.3 Å². The molecule has 0 aliphatic carbocycles. The molecule has 32 heavy (non-hydrogen) atoms. The van der Waals surface area contributed by atoms with Gasteiger partial charge in [0.2, 0.25) is 0 Å². The molecule has 0 heterocycles. The zero-order valence-corrected chi connectivity index (χ0v) is 18.7. The lowest BCUT2D eigenvalue weighted by molar-refractivity contribution is -0.136. The number of carbonyl (C=O) groups is 2. The molecule has 0 aliphatic rings. The Labute approximate surface area is 188 Å². The highest BCUT2D eigenvalue weighted by Gasteiger charge is 2.14. The third-order valence-electron chi connectivity index (χ3n) is 5.10. The molecule has 0 atom stereocenters. The molecule has 0 spiro atoms. The maximum atomic E-state index is 12.2. The van der Waals surface area contributed by atoms with Gasteiger partial charge in [-0.05, 0) is 85.8 Å². The van der Waals surface area contributed by atoms with Crippen LogP contribution in [-0.2, 0) is 16.2 Å². The van der Waals surface area contributed by atoms with E-state index in [-0.39, 0.29) is 0 Å². The number of hydrogen-bond acceptors (Lipinski definition) is 4. The first-order valence-electron chi connectivity index (χ1n) is 10.3. The van der Waals surface area contributed by atoms with E-state index in [1.807, 2.05) is 74.5 Å². The summed E-state index contributed by atoms with van der Waals surface area (Å²) in [4.78, 5) is 24.3. The largest absolute Gasteiger partial charge is 0.489 e. The molecule has 0 aromatic heterocycles. The number of nitrogens with zero attached hydrogens (tertiary/aromatic N) is 1. The van der Waals surface area contributed by atoms with Crippen molar-refractivity contribution in [1.29, 1.82) is 0 Å². The molecule has 6 nitrogen and oxygen atoms in total. The number of nitrogens with one attached hydrogen (secondary N) is 2. The average Bonchev–Trinajstić information content (AvgIpc) is 2.79. The van der Waals surface area contributed by atoms with E-state index in [4.69, 9.17) is 4.74 Å². The molecular weight excluding hydrogens is 402 g/mol. The molecular formula is C26H27N3O3. The van der Waals surface area contributed by atoms with Crippen molar-refractivity contribution in [3.05, 3.63) is 94.5 Å². The number of hydrazone groups is 1. The van der Waals surface area contributed by atoms with E-state index < -0.39 is 11.8 Å². The Kier molecular flexibility index (Phi) is 7.39. The topological polar surface area (TPSA) is 79.8 Å². The van der Waals surface area contributed by atoms with Crippen LogP contribution in [0.2, 0.25) is 0 Å². The fraction of sp³-hybridized carbons (Fsp3) is 0.192. The normalized spacial score (nSPS) is 11.1. The van der Waals surface area contributed by atoms with Gasteiger partial charge in [-0.15, -0.1) is 0 Å². The van der Waals surface area contributed by atoms with E-state index in [1.54, 1.807) is 6.92 Å². The van der Waals surface area contributed by atoms with E-state index in [9.17, 15) is 9.59 Å². The second-order valence-corrected chi connectivity index (χ2v) is 7.65. The Morgan fingerprint density at radius 3 is 2.31 bits per heavy atom. The van der Waals surface area contributed by atoms with Gasteiger partial charge in [0.05, 0.1) is 5.71 Å². The summed E-state index contributed by atoms with van der Waals surface area (Å²) in [7, 11) is 0. The number of amides is 2. The van der Waals surface area contributed by atoms with Gasteiger partial charge in [0.1, 0.15) is 12.4 Å². The molecule has 0 radical (unpaired) electrons. The standard InChI is InChI=1S/C26H27N3O3/c1-17-9-10-19(3)24(15-17)27-25(30)26(31)29-28-20(4)21-11-13-23(14-12-21)32-16-22-8-6-5-7-18(22)2/h5-15H,16H2,1-4H3,(H,27,30)(H,29,31)/b28-20+. The highest BCUT2D eigenvalue weighted by Crippen LogP contribution is 2.17. The zero-order chi connectivity index (χ0) is 23.1. The van der Waals surface area contributed by atoms with E-state index >= 15 is 0 Å². The number of aryl methyl sites for hydroxylation is 3. The predicted octanol–water partition coefficient (Wildman–Crippen LogP) is 4.67. The van der Waals surface area contributed by atoms with Crippen LogP contribution in [0.15, 0.2) is 71.8 Å². The SMILES string of the molecule is C/C(=N\NC(=O)C(=O)Nc1cc(C)ccc1C)c1ccc(OCc2ccccc2C)cc1. The van der Waals surface area contributed by atoms with Gasteiger partial charge in [0.25, 0.3) is 0 Å².